The molecular weight excluding hydrogens is 260 g/mol. The topological polar surface area (TPSA) is 42.7 Å². The van der Waals surface area contributed by atoms with Crippen LogP contribution in [0.3, 0.4) is 0 Å². The van der Waals surface area contributed by atoms with Gasteiger partial charge in [-0.15, -0.1) is 0 Å². The fraction of sp³-hybridized carbons (Fsp3) is 0.529. The van der Waals surface area contributed by atoms with Crippen LogP contribution < -0.4 is 5.32 Å². The molecule has 0 aromatic carbocycles. The fourth-order valence-electron chi connectivity index (χ4n) is 2.36. The normalized spacial score (nSPS) is 11.3. The second-order valence-corrected chi connectivity index (χ2v) is 5.78. The highest BCUT2D eigenvalue weighted by Gasteiger charge is 2.11. The number of nitrogens with zero attached hydrogens (tertiary/aromatic N) is 3. The van der Waals surface area contributed by atoms with E-state index >= 15 is 0 Å². The summed E-state index contributed by atoms with van der Waals surface area (Å²) in [6, 6.07) is 4.27. The van der Waals surface area contributed by atoms with Gasteiger partial charge in [0, 0.05) is 18.4 Å². The van der Waals surface area contributed by atoms with Crippen molar-refractivity contribution in [1.29, 1.82) is 0 Å². The molecular formula is C17H26N4. The lowest BCUT2D eigenvalue weighted by Gasteiger charge is -2.13. The van der Waals surface area contributed by atoms with E-state index in [1.165, 1.54) is 11.3 Å². The molecule has 21 heavy (non-hydrogen) atoms. The summed E-state index contributed by atoms with van der Waals surface area (Å²) in [5.41, 5.74) is 4.71. The van der Waals surface area contributed by atoms with Crippen molar-refractivity contribution in [3.05, 3.63) is 41.5 Å². The lowest BCUT2D eigenvalue weighted by molar-refractivity contribution is 0.550. The fourth-order valence-corrected chi connectivity index (χ4v) is 2.36. The molecule has 2 rings (SSSR count). The maximum Gasteiger partial charge on any atom is 0.0876 e. The standard InChI is InChI=1S/C17H26N4/c1-5-15-9-16(6-2)21(20-15)17-12-18-8-7-14(17)11-19-10-13(3)4/h7-9,12-13,19H,5-6,10-11H2,1-4H3. The minimum atomic E-state index is 0.651. The summed E-state index contributed by atoms with van der Waals surface area (Å²) in [5, 5.41) is 8.22. The van der Waals surface area contributed by atoms with Crippen molar-refractivity contribution in [2.45, 2.75) is 47.1 Å². The first-order chi connectivity index (χ1) is 10.2. The molecule has 2 aromatic heterocycles. The molecule has 2 aromatic rings. The minimum absolute atomic E-state index is 0.651. The SMILES string of the molecule is CCc1cc(CC)n(-c2cnccc2CNCC(C)C)n1. The Hall–Kier alpha value is -1.68. The third kappa shape index (κ3) is 3.91. The Kier molecular flexibility index (Phi) is 5.51. The highest BCUT2D eigenvalue weighted by atomic mass is 15.3. The van der Waals surface area contributed by atoms with Crippen LogP contribution in [0.25, 0.3) is 5.69 Å². The molecule has 4 heteroatoms. The van der Waals surface area contributed by atoms with Crippen LogP contribution >= 0.6 is 0 Å². The molecule has 0 fully saturated rings. The number of aryl methyl sites for hydroxylation is 2. The average molecular weight is 286 g/mol. The Morgan fingerprint density at radius 3 is 2.71 bits per heavy atom. The zero-order chi connectivity index (χ0) is 15.2. The third-order valence-electron chi connectivity index (χ3n) is 3.54. The third-order valence-corrected chi connectivity index (χ3v) is 3.54. The number of hydrogen-bond donors (Lipinski definition) is 1. The van der Waals surface area contributed by atoms with E-state index in [9.17, 15) is 0 Å². The molecule has 4 nitrogen and oxygen atoms in total. The first-order valence-electron chi connectivity index (χ1n) is 7.87. The molecule has 1 N–H and O–H groups in total. The highest BCUT2D eigenvalue weighted by Crippen LogP contribution is 2.17. The van der Waals surface area contributed by atoms with Gasteiger partial charge in [-0.05, 0) is 43.0 Å². The summed E-state index contributed by atoms with van der Waals surface area (Å²) in [5.74, 6) is 0.651. The predicted molar refractivity (Wildman–Crippen MR) is 86.7 cm³/mol. The van der Waals surface area contributed by atoms with Gasteiger partial charge >= 0.3 is 0 Å². The summed E-state index contributed by atoms with van der Waals surface area (Å²) < 4.78 is 2.05. The summed E-state index contributed by atoms with van der Waals surface area (Å²) in [6.07, 6.45) is 5.70. The zero-order valence-electron chi connectivity index (χ0n) is 13.6. The first-order valence-corrected chi connectivity index (χ1v) is 7.87. The van der Waals surface area contributed by atoms with Crippen molar-refractivity contribution in [1.82, 2.24) is 20.1 Å². The molecule has 0 aliphatic carbocycles. The van der Waals surface area contributed by atoms with Crippen LogP contribution in [0.5, 0.6) is 0 Å². The van der Waals surface area contributed by atoms with Crippen molar-refractivity contribution < 1.29 is 0 Å². The Morgan fingerprint density at radius 2 is 2.05 bits per heavy atom. The van der Waals surface area contributed by atoms with Crippen molar-refractivity contribution >= 4 is 0 Å². The number of hydrogen-bond acceptors (Lipinski definition) is 3. The molecule has 0 unspecified atom stereocenters. The van der Waals surface area contributed by atoms with Gasteiger partial charge in [0.1, 0.15) is 0 Å². The van der Waals surface area contributed by atoms with Crippen LogP contribution in [0.2, 0.25) is 0 Å². The van der Waals surface area contributed by atoms with Gasteiger partial charge in [-0.1, -0.05) is 27.7 Å². The van der Waals surface area contributed by atoms with E-state index in [4.69, 9.17) is 5.10 Å². The van der Waals surface area contributed by atoms with Crippen LogP contribution in [-0.2, 0) is 19.4 Å². The molecule has 0 atom stereocenters. The molecule has 0 radical (unpaired) electrons. The largest absolute Gasteiger partial charge is 0.312 e. The molecule has 0 aliphatic rings. The van der Waals surface area contributed by atoms with Crippen molar-refractivity contribution in [2.24, 2.45) is 5.92 Å². The van der Waals surface area contributed by atoms with E-state index in [2.05, 4.69) is 54.8 Å². The van der Waals surface area contributed by atoms with E-state index in [1.54, 1.807) is 0 Å². The molecule has 0 saturated heterocycles. The van der Waals surface area contributed by atoms with Gasteiger partial charge in [0.2, 0.25) is 0 Å². The maximum atomic E-state index is 4.72. The van der Waals surface area contributed by atoms with Gasteiger partial charge < -0.3 is 5.32 Å². The van der Waals surface area contributed by atoms with Crippen molar-refractivity contribution in [3.63, 3.8) is 0 Å². The van der Waals surface area contributed by atoms with Crippen LogP contribution in [0.15, 0.2) is 24.5 Å². The number of nitrogens with one attached hydrogen (secondary N) is 1. The van der Waals surface area contributed by atoms with Gasteiger partial charge in [-0.3, -0.25) is 4.98 Å². The van der Waals surface area contributed by atoms with Crippen molar-refractivity contribution in [2.75, 3.05) is 6.54 Å². The minimum Gasteiger partial charge on any atom is -0.312 e. The van der Waals surface area contributed by atoms with Crippen molar-refractivity contribution in [3.8, 4) is 5.69 Å². The van der Waals surface area contributed by atoms with Gasteiger partial charge in [0.05, 0.1) is 17.6 Å². The molecule has 0 aliphatic heterocycles. The lowest BCUT2D eigenvalue weighted by Crippen LogP contribution is -2.20. The molecule has 0 saturated carbocycles. The molecule has 114 valence electrons. The molecule has 0 amide bonds. The summed E-state index contributed by atoms with van der Waals surface area (Å²) in [7, 11) is 0. The molecule has 2 heterocycles. The van der Waals surface area contributed by atoms with Gasteiger partial charge in [-0.25, -0.2) is 4.68 Å². The van der Waals surface area contributed by atoms with Crippen LogP contribution in [0.4, 0.5) is 0 Å². The molecule has 0 spiro atoms. The molecule has 0 bridgehead atoms. The summed E-state index contributed by atoms with van der Waals surface area (Å²) in [6.45, 7) is 10.6. The van der Waals surface area contributed by atoms with E-state index in [1.807, 2.05) is 12.4 Å². The first kappa shape index (κ1) is 15.7. The van der Waals surface area contributed by atoms with Crippen LogP contribution in [0, 0.1) is 5.92 Å². The van der Waals surface area contributed by atoms with E-state index < -0.39 is 0 Å². The average Bonchev–Trinajstić information content (AvgIpc) is 2.90. The van der Waals surface area contributed by atoms with Crippen LogP contribution in [0.1, 0.15) is 44.6 Å². The van der Waals surface area contributed by atoms with Gasteiger partial charge in [0.15, 0.2) is 0 Å². The van der Waals surface area contributed by atoms with Crippen LogP contribution in [-0.4, -0.2) is 21.3 Å². The second kappa shape index (κ2) is 7.36. The quantitative estimate of drug-likeness (QED) is 0.850. The Morgan fingerprint density at radius 1 is 1.24 bits per heavy atom. The highest BCUT2D eigenvalue weighted by molar-refractivity contribution is 5.39. The summed E-state index contributed by atoms with van der Waals surface area (Å²) >= 11 is 0. The lowest BCUT2D eigenvalue weighted by atomic mass is 10.2. The Balaban J connectivity index is 2.28. The number of pyridine rings is 1. The number of rotatable bonds is 7. The summed E-state index contributed by atoms with van der Waals surface area (Å²) in [4.78, 5) is 4.29. The van der Waals surface area contributed by atoms with E-state index in [-0.39, 0.29) is 0 Å². The maximum absolute atomic E-state index is 4.72. The smallest absolute Gasteiger partial charge is 0.0876 e. The number of aromatic nitrogens is 3. The van der Waals surface area contributed by atoms with Gasteiger partial charge in [0.25, 0.3) is 0 Å². The van der Waals surface area contributed by atoms with E-state index in [0.29, 0.717) is 5.92 Å². The van der Waals surface area contributed by atoms with E-state index in [0.717, 1.165) is 37.3 Å². The predicted octanol–water partition coefficient (Wildman–Crippen LogP) is 3.14. The van der Waals surface area contributed by atoms with Gasteiger partial charge in [-0.2, -0.15) is 5.10 Å². The monoisotopic (exact) mass is 286 g/mol. The zero-order valence-corrected chi connectivity index (χ0v) is 13.6. The Bertz CT molecular complexity index is 572. The second-order valence-electron chi connectivity index (χ2n) is 5.78. The Labute approximate surface area is 127 Å².